The molecule has 3 rings (SSSR count). The molecule has 0 aliphatic rings. The highest BCUT2D eigenvalue weighted by atomic mass is 19.1. The number of aromatic nitrogens is 3. The van der Waals surface area contributed by atoms with E-state index < -0.39 is 0 Å². The van der Waals surface area contributed by atoms with Crippen molar-refractivity contribution < 1.29 is 4.39 Å². The quantitative estimate of drug-likeness (QED) is 0.701. The summed E-state index contributed by atoms with van der Waals surface area (Å²) in [6.07, 6.45) is 9.58. The molecule has 0 unspecified atom stereocenters. The van der Waals surface area contributed by atoms with Crippen LogP contribution in [-0.2, 0) is 0 Å². The first-order valence-electron chi connectivity index (χ1n) is 5.80. The van der Waals surface area contributed by atoms with E-state index in [9.17, 15) is 4.39 Å². The number of nitrogens with zero attached hydrogens (tertiary/aromatic N) is 3. The largest absolute Gasteiger partial charge is 0.265 e. The molecule has 0 N–H and O–H groups in total. The number of hydrogen-bond acceptors (Lipinski definition) is 3. The van der Waals surface area contributed by atoms with Gasteiger partial charge in [-0.25, -0.2) is 4.39 Å². The topological polar surface area (TPSA) is 38.7 Å². The average Bonchev–Trinajstić information content (AvgIpc) is 2.49. The molecule has 3 aromatic rings. The van der Waals surface area contributed by atoms with E-state index in [0.29, 0.717) is 11.1 Å². The van der Waals surface area contributed by atoms with Crippen molar-refractivity contribution in [2.24, 2.45) is 0 Å². The first-order chi connectivity index (χ1) is 9.36. The molecule has 0 atom stereocenters. The van der Waals surface area contributed by atoms with Crippen molar-refractivity contribution in [1.82, 2.24) is 15.0 Å². The van der Waals surface area contributed by atoms with Crippen LogP contribution in [0.1, 0.15) is 0 Å². The van der Waals surface area contributed by atoms with Crippen LogP contribution in [0, 0.1) is 5.82 Å². The molecule has 0 aromatic carbocycles. The van der Waals surface area contributed by atoms with Crippen LogP contribution in [0.2, 0.25) is 0 Å². The molecule has 3 nitrogen and oxygen atoms in total. The van der Waals surface area contributed by atoms with E-state index in [1.807, 2.05) is 0 Å². The van der Waals surface area contributed by atoms with Gasteiger partial charge in [-0.2, -0.15) is 0 Å². The van der Waals surface area contributed by atoms with Gasteiger partial charge in [0.25, 0.3) is 0 Å². The molecular formula is C15H10FN3. The highest BCUT2D eigenvalue weighted by Crippen LogP contribution is 2.29. The number of hydrogen-bond donors (Lipinski definition) is 0. The maximum Gasteiger partial charge on any atom is 0.141 e. The van der Waals surface area contributed by atoms with Crippen LogP contribution in [0.25, 0.3) is 22.3 Å². The Morgan fingerprint density at radius 2 is 1.05 bits per heavy atom. The van der Waals surface area contributed by atoms with E-state index in [0.717, 1.165) is 11.1 Å². The molecule has 0 saturated heterocycles. The normalized spacial score (nSPS) is 10.4. The van der Waals surface area contributed by atoms with Gasteiger partial charge in [0.1, 0.15) is 5.82 Å². The summed E-state index contributed by atoms with van der Waals surface area (Å²) in [5, 5.41) is 0. The summed E-state index contributed by atoms with van der Waals surface area (Å²) >= 11 is 0. The van der Waals surface area contributed by atoms with Gasteiger partial charge in [0.05, 0.1) is 0 Å². The second-order valence-corrected chi connectivity index (χ2v) is 4.02. The summed E-state index contributed by atoms with van der Waals surface area (Å²) in [4.78, 5) is 12.0. The van der Waals surface area contributed by atoms with E-state index in [-0.39, 0.29) is 5.82 Å². The molecule has 0 spiro atoms. The minimum absolute atomic E-state index is 0.285. The van der Waals surface area contributed by atoms with Crippen molar-refractivity contribution in [3.05, 3.63) is 67.3 Å². The maximum atomic E-state index is 14.6. The number of rotatable bonds is 2. The second kappa shape index (κ2) is 4.94. The van der Waals surface area contributed by atoms with Crippen LogP contribution in [-0.4, -0.2) is 15.0 Å². The summed E-state index contributed by atoms with van der Waals surface area (Å²) < 4.78 is 14.6. The standard InChI is InChI=1S/C15H10FN3/c16-15-13(11-1-5-17-6-2-11)9-19-10-14(15)12-3-7-18-8-4-12/h1-10H. The Morgan fingerprint density at radius 1 is 0.632 bits per heavy atom. The Hall–Kier alpha value is -2.62. The fourth-order valence-corrected chi connectivity index (χ4v) is 1.91. The Balaban J connectivity index is 2.15. The van der Waals surface area contributed by atoms with E-state index in [2.05, 4.69) is 15.0 Å². The molecule has 0 radical (unpaired) electrons. The number of pyridine rings is 3. The van der Waals surface area contributed by atoms with E-state index >= 15 is 0 Å². The SMILES string of the molecule is Fc1c(-c2ccncc2)cncc1-c1ccncc1. The van der Waals surface area contributed by atoms with Crippen LogP contribution >= 0.6 is 0 Å². The highest BCUT2D eigenvalue weighted by molar-refractivity contribution is 5.72. The lowest BCUT2D eigenvalue weighted by Crippen LogP contribution is -1.92. The second-order valence-electron chi connectivity index (χ2n) is 4.02. The average molecular weight is 251 g/mol. The van der Waals surface area contributed by atoms with E-state index in [1.165, 1.54) is 12.4 Å². The molecule has 3 aromatic heterocycles. The monoisotopic (exact) mass is 251 g/mol. The lowest BCUT2D eigenvalue weighted by atomic mass is 10.0. The Bertz CT molecular complexity index is 627. The first kappa shape index (κ1) is 11.5. The van der Waals surface area contributed by atoms with Crippen molar-refractivity contribution in [2.75, 3.05) is 0 Å². The van der Waals surface area contributed by atoms with Gasteiger partial charge in [0, 0.05) is 48.3 Å². The molecule has 0 aliphatic carbocycles. The Labute approximate surface area is 109 Å². The van der Waals surface area contributed by atoms with Crippen LogP contribution in [0.4, 0.5) is 4.39 Å². The van der Waals surface area contributed by atoms with Crippen molar-refractivity contribution in [3.63, 3.8) is 0 Å². The van der Waals surface area contributed by atoms with Crippen LogP contribution < -0.4 is 0 Å². The van der Waals surface area contributed by atoms with Crippen LogP contribution in [0.3, 0.4) is 0 Å². The van der Waals surface area contributed by atoms with Crippen LogP contribution in [0.15, 0.2) is 61.4 Å². The third-order valence-corrected chi connectivity index (χ3v) is 2.86. The zero-order valence-corrected chi connectivity index (χ0v) is 9.99. The highest BCUT2D eigenvalue weighted by Gasteiger charge is 2.11. The molecular weight excluding hydrogens is 241 g/mol. The maximum absolute atomic E-state index is 14.6. The van der Waals surface area contributed by atoms with Gasteiger partial charge in [-0.05, 0) is 35.4 Å². The molecule has 0 amide bonds. The Morgan fingerprint density at radius 3 is 1.47 bits per heavy atom. The van der Waals surface area contributed by atoms with Gasteiger partial charge in [-0.15, -0.1) is 0 Å². The molecule has 0 aliphatic heterocycles. The predicted octanol–water partition coefficient (Wildman–Crippen LogP) is 3.34. The van der Waals surface area contributed by atoms with Crippen molar-refractivity contribution in [2.45, 2.75) is 0 Å². The van der Waals surface area contributed by atoms with E-state index in [4.69, 9.17) is 0 Å². The number of halogens is 1. The van der Waals surface area contributed by atoms with Crippen molar-refractivity contribution >= 4 is 0 Å². The van der Waals surface area contributed by atoms with Gasteiger partial charge in [0.2, 0.25) is 0 Å². The smallest absolute Gasteiger partial charge is 0.141 e. The summed E-state index contributed by atoms with van der Waals surface area (Å²) in [5.74, 6) is -0.285. The molecule has 0 bridgehead atoms. The molecule has 0 fully saturated rings. The Kier molecular flexibility index (Phi) is 2.98. The van der Waals surface area contributed by atoms with Gasteiger partial charge in [0.15, 0.2) is 0 Å². The third kappa shape index (κ3) is 2.20. The molecule has 4 heteroatoms. The summed E-state index contributed by atoms with van der Waals surface area (Å²) in [6, 6.07) is 7.04. The molecule has 3 heterocycles. The van der Waals surface area contributed by atoms with Gasteiger partial charge in [-0.3, -0.25) is 15.0 Å². The minimum atomic E-state index is -0.285. The zero-order valence-electron chi connectivity index (χ0n) is 9.99. The first-order valence-corrected chi connectivity index (χ1v) is 5.80. The van der Waals surface area contributed by atoms with Crippen LogP contribution in [0.5, 0.6) is 0 Å². The molecule has 92 valence electrons. The van der Waals surface area contributed by atoms with Gasteiger partial charge in [-0.1, -0.05) is 0 Å². The minimum Gasteiger partial charge on any atom is -0.265 e. The van der Waals surface area contributed by atoms with E-state index in [1.54, 1.807) is 49.1 Å². The zero-order chi connectivity index (χ0) is 13.1. The van der Waals surface area contributed by atoms with Crippen molar-refractivity contribution in [1.29, 1.82) is 0 Å². The lowest BCUT2D eigenvalue weighted by molar-refractivity contribution is 0.633. The summed E-state index contributed by atoms with van der Waals surface area (Å²) in [5.41, 5.74) is 2.46. The van der Waals surface area contributed by atoms with Gasteiger partial charge < -0.3 is 0 Å². The summed E-state index contributed by atoms with van der Waals surface area (Å²) in [6.45, 7) is 0. The van der Waals surface area contributed by atoms with Crippen molar-refractivity contribution in [3.8, 4) is 22.3 Å². The fourth-order valence-electron chi connectivity index (χ4n) is 1.91. The predicted molar refractivity (Wildman–Crippen MR) is 70.7 cm³/mol. The molecule has 19 heavy (non-hydrogen) atoms. The molecule has 0 saturated carbocycles. The third-order valence-electron chi connectivity index (χ3n) is 2.86. The lowest BCUT2D eigenvalue weighted by Gasteiger charge is -2.07. The van der Waals surface area contributed by atoms with Gasteiger partial charge >= 0.3 is 0 Å². The fraction of sp³-hybridized carbons (Fsp3) is 0. The summed E-state index contributed by atoms with van der Waals surface area (Å²) in [7, 11) is 0.